The third kappa shape index (κ3) is 11.5. The van der Waals surface area contributed by atoms with Gasteiger partial charge in [-0.2, -0.15) is 0 Å². The van der Waals surface area contributed by atoms with Gasteiger partial charge in [0.05, 0.1) is 6.10 Å². The average molecular weight is 553 g/mol. The van der Waals surface area contributed by atoms with Crippen LogP contribution in [0.1, 0.15) is 101 Å². The first-order valence-corrected chi connectivity index (χ1v) is 15.4. The highest BCUT2D eigenvalue weighted by Crippen LogP contribution is 2.41. The van der Waals surface area contributed by atoms with Crippen molar-refractivity contribution >= 4 is 0 Å². The van der Waals surface area contributed by atoms with Crippen LogP contribution in [0.5, 0.6) is 0 Å². The van der Waals surface area contributed by atoms with Crippen LogP contribution in [0.2, 0.25) is 0 Å². The van der Waals surface area contributed by atoms with E-state index in [1.165, 1.54) is 52.7 Å². The van der Waals surface area contributed by atoms with E-state index in [1.807, 2.05) is 0 Å². The summed E-state index contributed by atoms with van der Waals surface area (Å²) in [4.78, 5) is 0. The monoisotopic (exact) mass is 552 g/mol. The molecule has 0 amide bonds. The van der Waals surface area contributed by atoms with E-state index >= 15 is 0 Å². The molecular formula is C40H56O. The lowest BCUT2D eigenvalue weighted by Gasteiger charge is -2.35. The Morgan fingerprint density at radius 1 is 0.634 bits per heavy atom. The molecule has 1 atom stereocenters. The largest absolute Gasteiger partial charge is 0.389 e. The highest BCUT2D eigenvalue weighted by molar-refractivity contribution is 5.39. The number of allylic oxidation sites excluding steroid dienone is 21. The van der Waals surface area contributed by atoms with E-state index in [4.69, 9.17) is 0 Å². The molecule has 222 valence electrons. The molecule has 0 fully saturated rings. The van der Waals surface area contributed by atoms with E-state index < -0.39 is 0 Å². The average Bonchev–Trinajstić information content (AvgIpc) is 2.88. The van der Waals surface area contributed by atoms with Crippen molar-refractivity contribution < 1.29 is 5.11 Å². The Morgan fingerprint density at radius 3 is 1.59 bits per heavy atom. The van der Waals surface area contributed by atoms with Crippen LogP contribution in [0.3, 0.4) is 0 Å². The van der Waals surface area contributed by atoms with Gasteiger partial charge in [-0.05, 0) is 101 Å². The summed E-state index contributed by atoms with van der Waals surface area (Å²) in [6.07, 6.45) is 35.6. The Labute approximate surface area is 252 Å². The highest BCUT2D eigenvalue weighted by atomic mass is 16.3. The molecule has 0 aromatic heterocycles. The van der Waals surface area contributed by atoms with Crippen LogP contribution in [0.15, 0.2) is 130 Å². The summed E-state index contributed by atoms with van der Waals surface area (Å²) >= 11 is 0. The molecule has 0 spiro atoms. The first kappa shape index (κ1) is 34.3. The van der Waals surface area contributed by atoms with Crippen LogP contribution >= 0.6 is 0 Å². The molecule has 1 N–H and O–H groups in total. The van der Waals surface area contributed by atoms with Crippen molar-refractivity contribution in [3.8, 4) is 0 Å². The Kier molecular flexibility index (Phi) is 13.3. The third-order valence-electron chi connectivity index (χ3n) is 8.53. The van der Waals surface area contributed by atoms with Gasteiger partial charge in [0.1, 0.15) is 0 Å². The summed E-state index contributed by atoms with van der Waals surface area (Å²) in [5.41, 5.74) is 10.7. The maximum Gasteiger partial charge on any atom is 0.0753 e. The Hall–Kier alpha value is -2.90. The molecule has 0 heterocycles. The molecule has 41 heavy (non-hydrogen) atoms. The number of rotatable bonds is 10. The van der Waals surface area contributed by atoms with Crippen LogP contribution in [-0.2, 0) is 0 Å². The van der Waals surface area contributed by atoms with E-state index in [1.54, 1.807) is 5.57 Å². The van der Waals surface area contributed by atoms with E-state index in [0.29, 0.717) is 0 Å². The van der Waals surface area contributed by atoms with Gasteiger partial charge in [-0.25, -0.2) is 0 Å². The summed E-state index contributed by atoms with van der Waals surface area (Å²) in [6, 6.07) is 0. The fraction of sp³-hybridized carbons (Fsp3) is 0.450. The number of hydrogen-bond acceptors (Lipinski definition) is 1. The van der Waals surface area contributed by atoms with E-state index in [-0.39, 0.29) is 16.9 Å². The van der Waals surface area contributed by atoms with Crippen molar-refractivity contribution in [2.75, 3.05) is 0 Å². The SMILES string of the molecule is CC1=C(/C=C/C(C)=C/C=C/C(C)=C/C=C/C=C(C)/C=C/C=C(C)/C=C/C2=C(C)C(O)CCC2(C)C)C(C)(C)CCC1. The zero-order valence-corrected chi connectivity index (χ0v) is 27.6. The van der Waals surface area contributed by atoms with Gasteiger partial charge in [-0.3, -0.25) is 0 Å². The summed E-state index contributed by atoms with van der Waals surface area (Å²) in [5.74, 6) is 0. The predicted octanol–water partition coefficient (Wildman–Crippen LogP) is 11.6. The molecule has 0 aromatic carbocycles. The maximum atomic E-state index is 10.3. The smallest absolute Gasteiger partial charge is 0.0753 e. The molecular weight excluding hydrogens is 496 g/mol. The Bertz CT molecular complexity index is 1250. The standard InChI is InChI=1S/C40H56O/c1-30(18-13-20-32(3)23-25-36-34(5)22-15-28-39(36,7)8)16-11-12-17-31(2)19-14-21-33(4)24-26-37-35(6)38(41)27-29-40(37,9)10/h11-14,16-21,23-26,38,41H,15,22,27-29H2,1-10H3/b12-11+,18-13+,19-14+,25-23+,26-24+,30-16+,31-17+,32-20+,33-21+. The molecule has 2 aliphatic rings. The van der Waals surface area contributed by atoms with Gasteiger partial charge in [0.25, 0.3) is 0 Å². The van der Waals surface area contributed by atoms with Gasteiger partial charge < -0.3 is 5.11 Å². The fourth-order valence-corrected chi connectivity index (χ4v) is 5.70. The molecule has 1 heteroatoms. The van der Waals surface area contributed by atoms with Crippen molar-refractivity contribution in [2.45, 2.75) is 107 Å². The van der Waals surface area contributed by atoms with Gasteiger partial charge in [0.15, 0.2) is 0 Å². The molecule has 0 bridgehead atoms. The molecule has 1 unspecified atom stereocenters. The molecule has 0 saturated heterocycles. The summed E-state index contributed by atoms with van der Waals surface area (Å²) in [6.45, 7) is 22.1. The molecule has 0 aliphatic heterocycles. The maximum absolute atomic E-state index is 10.3. The topological polar surface area (TPSA) is 20.2 Å². The first-order chi connectivity index (χ1) is 19.2. The summed E-state index contributed by atoms with van der Waals surface area (Å²) in [7, 11) is 0. The van der Waals surface area contributed by atoms with Crippen molar-refractivity contribution in [1.29, 1.82) is 0 Å². The second kappa shape index (κ2) is 15.9. The lowest BCUT2D eigenvalue weighted by molar-refractivity contribution is 0.163. The molecule has 0 aromatic rings. The minimum Gasteiger partial charge on any atom is -0.389 e. The first-order valence-electron chi connectivity index (χ1n) is 15.4. The third-order valence-corrected chi connectivity index (χ3v) is 8.53. The molecule has 1 nitrogen and oxygen atoms in total. The molecule has 2 aliphatic carbocycles. The van der Waals surface area contributed by atoms with Gasteiger partial charge in [-0.1, -0.05) is 141 Å². The second-order valence-corrected chi connectivity index (χ2v) is 13.4. The molecule has 0 radical (unpaired) electrons. The van der Waals surface area contributed by atoms with Crippen molar-refractivity contribution in [1.82, 2.24) is 0 Å². The number of aliphatic hydroxyl groups excluding tert-OH is 1. The van der Waals surface area contributed by atoms with Crippen LogP contribution < -0.4 is 0 Å². The summed E-state index contributed by atoms with van der Waals surface area (Å²) in [5, 5.41) is 10.3. The van der Waals surface area contributed by atoms with Gasteiger partial charge in [0.2, 0.25) is 0 Å². The number of hydrogen-bond donors (Lipinski definition) is 1. The van der Waals surface area contributed by atoms with Crippen molar-refractivity contribution in [3.05, 3.63) is 130 Å². The van der Waals surface area contributed by atoms with E-state index in [2.05, 4.69) is 154 Å². The van der Waals surface area contributed by atoms with Crippen molar-refractivity contribution in [2.24, 2.45) is 10.8 Å². The van der Waals surface area contributed by atoms with Crippen molar-refractivity contribution in [3.63, 3.8) is 0 Å². The van der Waals surface area contributed by atoms with E-state index in [0.717, 1.165) is 18.4 Å². The zero-order valence-electron chi connectivity index (χ0n) is 27.6. The van der Waals surface area contributed by atoms with Crippen LogP contribution in [0.25, 0.3) is 0 Å². The predicted molar refractivity (Wildman–Crippen MR) is 183 cm³/mol. The van der Waals surface area contributed by atoms with Gasteiger partial charge in [0, 0.05) is 0 Å². The summed E-state index contributed by atoms with van der Waals surface area (Å²) < 4.78 is 0. The molecule has 2 rings (SSSR count). The number of aliphatic hydroxyl groups is 1. The van der Waals surface area contributed by atoms with Gasteiger partial charge in [-0.15, -0.1) is 0 Å². The lowest BCUT2D eigenvalue weighted by Crippen LogP contribution is -2.27. The van der Waals surface area contributed by atoms with Crippen LogP contribution in [-0.4, -0.2) is 11.2 Å². The van der Waals surface area contributed by atoms with E-state index in [9.17, 15) is 5.11 Å². The fourth-order valence-electron chi connectivity index (χ4n) is 5.70. The van der Waals surface area contributed by atoms with Crippen LogP contribution in [0.4, 0.5) is 0 Å². The highest BCUT2D eigenvalue weighted by Gasteiger charge is 2.30. The van der Waals surface area contributed by atoms with Gasteiger partial charge >= 0.3 is 0 Å². The minimum atomic E-state index is -0.308. The second-order valence-electron chi connectivity index (χ2n) is 13.4. The lowest BCUT2D eigenvalue weighted by atomic mass is 9.71. The Balaban J connectivity index is 1.90. The molecule has 0 saturated carbocycles. The normalized spacial score (nSPS) is 23.5. The quantitative estimate of drug-likeness (QED) is 0.267. The van der Waals surface area contributed by atoms with Crippen LogP contribution in [0, 0.1) is 10.8 Å². The minimum absolute atomic E-state index is 0.112. The zero-order chi connectivity index (χ0) is 30.6. The Morgan fingerprint density at radius 2 is 1.07 bits per heavy atom.